The molecule has 0 saturated carbocycles. The molecule has 1 aromatic heterocycles. The van der Waals surface area contributed by atoms with Crippen LogP contribution < -0.4 is 5.32 Å². The van der Waals surface area contributed by atoms with Gasteiger partial charge in [-0.2, -0.15) is 0 Å². The lowest BCUT2D eigenvalue weighted by atomic mass is 10.1. The van der Waals surface area contributed by atoms with E-state index in [2.05, 4.69) is 15.2 Å². The Kier molecular flexibility index (Phi) is 4.01. The highest BCUT2D eigenvalue weighted by atomic mass is 16.5. The summed E-state index contributed by atoms with van der Waals surface area (Å²) in [6, 6.07) is 8.28. The Bertz CT molecular complexity index is 693. The number of imidazole rings is 1. The van der Waals surface area contributed by atoms with Crippen LogP contribution in [0.2, 0.25) is 0 Å². The third-order valence-corrected chi connectivity index (χ3v) is 4.85. The van der Waals surface area contributed by atoms with Crippen LogP contribution in [0.1, 0.15) is 12.8 Å². The first-order valence-corrected chi connectivity index (χ1v) is 8.32. The average Bonchev–Trinajstić information content (AvgIpc) is 3.28. The van der Waals surface area contributed by atoms with Gasteiger partial charge in [0.1, 0.15) is 6.54 Å². The number of nitrogens with one attached hydrogen (secondary N) is 1. The zero-order chi connectivity index (χ0) is 15.6. The summed E-state index contributed by atoms with van der Waals surface area (Å²) in [6.45, 7) is 3.86. The molecule has 0 unspecified atom stereocenters. The molecule has 0 bridgehead atoms. The summed E-state index contributed by atoms with van der Waals surface area (Å²) in [5, 5.41) is 3.15. The zero-order valence-electron chi connectivity index (χ0n) is 13.1. The molecular weight excluding hydrogens is 292 g/mol. The first-order valence-electron chi connectivity index (χ1n) is 8.32. The lowest BCUT2D eigenvalue weighted by molar-refractivity contribution is -0.122. The van der Waals surface area contributed by atoms with Crippen LogP contribution in [-0.4, -0.2) is 58.7 Å². The molecule has 1 N–H and O–H groups in total. The quantitative estimate of drug-likeness (QED) is 0.915. The lowest BCUT2D eigenvalue weighted by Gasteiger charge is -2.27. The van der Waals surface area contributed by atoms with E-state index in [-0.39, 0.29) is 11.9 Å². The first-order chi connectivity index (χ1) is 11.3. The normalized spacial score (nSPS) is 25.2. The summed E-state index contributed by atoms with van der Waals surface area (Å²) in [5.41, 5.74) is 1.90. The van der Waals surface area contributed by atoms with Crippen molar-refractivity contribution in [2.75, 3.05) is 26.3 Å². The number of para-hydroxylation sites is 2. The van der Waals surface area contributed by atoms with Gasteiger partial charge in [0.05, 0.1) is 42.7 Å². The highest BCUT2D eigenvalue weighted by Gasteiger charge is 2.35. The summed E-state index contributed by atoms with van der Waals surface area (Å²) in [7, 11) is 0. The van der Waals surface area contributed by atoms with E-state index in [9.17, 15) is 4.79 Å². The van der Waals surface area contributed by atoms with Crippen molar-refractivity contribution in [1.82, 2.24) is 19.8 Å². The van der Waals surface area contributed by atoms with Gasteiger partial charge in [-0.15, -0.1) is 0 Å². The Hall–Kier alpha value is -1.92. The van der Waals surface area contributed by atoms with Crippen molar-refractivity contribution in [1.29, 1.82) is 0 Å². The Balaban J connectivity index is 1.41. The van der Waals surface area contributed by atoms with Gasteiger partial charge in [-0.05, 0) is 38.1 Å². The number of ether oxygens (including phenoxy) is 1. The van der Waals surface area contributed by atoms with E-state index in [0.717, 1.165) is 30.7 Å². The van der Waals surface area contributed by atoms with E-state index in [1.807, 2.05) is 28.8 Å². The van der Waals surface area contributed by atoms with E-state index in [4.69, 9.17) is 4.74 Å². The number of aromatic nitrogens is 2. The van der Waals surface area contributed by atoms with Crippen molar-refractivity contribution in [2.45, 2.75) is 31.5 Å². The molecule has 6 heteroatoms. The molecule has 6 nitrogen and oxygen atoms in total. The van der Waals surface area contributed by atoms with Crippen LogP contribution in [-0.2, 0) is 16.1 Å². The number of fused-ring (bicyclic) bond motifs is 1. The third-order valence-electron chi connectivity index (χ3n) is 4.85. The molecule has 0 spiro atoms. The van der Waals surface area contributed by atoms with Gasteiger partial charge in [-0.25, -0.2) is 4.98 Å². The van der Waals surface area contributed by atoms with Gasteiger partial charge >= 0.3 is 0 Å². The van der Waals surface area contributed by atoms with Gasteiger partial charge in [-0.3, -0.25) is 9.69 Å². The number of rotatable bonds is 4. The SMILES string of the molecule is O=C(Cn1cnc2ccccc21)N[C@H]1COC[C@@H]1N1CCCC1. The standard InChI is InChI=1S/C17H22N4O2/c22-17(9-21-12-18-13-5-1-2-6-15(13)21)19-14-10-23-11-16(14)20-7-3-4-8-20/h1-2,5-6,12,14,16H,3-4,7-11H2,(H,19,22)/t14-,16-/m0/s1. The van der Waals surface area contributed by atoms with Gasteiger partial charge in [0.15, 0.2) is 0 Å². The van der Waals surface area contributed by atoms with Crippen molar-refractivity contribution in [2.24, 2.45) is 0 Å². The average molecular weight is 314 g/mol. The lowest BCUT2D eigenvalue weighted by Crippen LogP contribution is -2.50. The number of benzene rings is 1. The monoisotopic (exact) mass is 314 g/mol. The minimum Gasteiger partial charge on any atom is -0.378 e. The summed E-state index contributed by atoms with van der Waals surface area (Å²) in [6.07, 6.45) is 4.23. The second kappa shape index (κ2) is 6.29. The van der Waals surface area contributed by atoms with Crippen LogP contribution in [0.15, 0.2) is 30.6 Å². The molecular formula is C17H22N4O2. The second-order valence-electron chi connectivity index (χ2n) is 6.38. The smallest absolute Gasteiger partial charge is 0.240 e. The highest BCUT2D eigenvalue weighted by Crippen LogP contribution is 2.19. The van der Waals surface area contributed by atoms with Gasteiger partial charge in [0.2, 0.25) is 5.91 Å². The number of nitrogens with zero attached hydrogens (tertiary/aromatic N) is 3. The fraction of sp³-hybridized carbons (Fsp3) is 0.529. The van der Waals surface area contributed by atoms with E-state index >= 15 is 0 Å². The number of hydrogen-bond donors (Lipinski definition) is 1. The van der Waals surface area contributed by atoms with Crippen LogP contribution >= 0.6 is 0 Å². The van der Waals surface area contributed by atoms with Crippen LogP contribution in [0.3, 0.4) is 0 Å². The number of carbonyl (C=O) groups excluding carboxylic acids is 1. The zero-order valence-corrected chi connectivity index (χ0v) is 13.1. The molecule has 1 aromatic carbocycles. The third kappa shape index (κ3) is 2.96. The van der Waals surface area contributed by atoms with Crippen molar-refractivity contribution in [3.05, 3.63) is 30.6 Å². The van der Waals surface area contributed by atoms with Crippen molar-refractivity contribution < 1.29 is 9.53 Å². The maximum absolute atomic E-state index is 12.4. The molecule has 1 amide bonds. The van der Waals surface area contributed by atoms with Crippen LogP contribution in [0, 0.1) is 0 Å². The largest absolute Gasteiger partial charge is 0.378 e. The van der Waals surface area contributed by atoms with E-state index in [0.29, 0.717) is 19.2 Å². The van der Waals surface area contributed by atoms with Gasteiger partial charge in [-0.1, -0.05) is 12.1 Å². The number of likely N-dealkylation sites (tertiary alicyclic amines) is 1. The molecule has 3 heterocycles. The van der Waals surface area contributed by atoms with Crippen molar-refractivity contribution in [3.63, 3.8) is 0 Å². The summed E-state index contributed by atoms with van der Waals surface area (Å²) in [5.74, 6) is 0.0212. The molecule has 2 fully saturated rings. The minimum absolute atomic E-state index is 0.0212. The number of hydrogen-bond acceptors (Lipinski definition) is 4. The minimum atomic E-state index is 0.0212. The van der Waals surface area contributed by atoms with Gasteiger partial charge in [0, 0.05) is 0 Å². The Morgan fingerprint density at radius 1 is 1.26 bits per heavy atom. The van der Waals surface area contributed by atoms with Crippen LogP contribution in [0.25, 0.3) is 11.0 Å². The van der Waals surface area contributed by atoms with Gasteiger partial charge in [0.25, 0.3) is 0 Å². The molecule has 2 aromatic rings. The summed E-state index contributed by atoms with van der Waals surface area (Å²) in [4.78, 5) is 19.2. The molecule has 2 saturated heterocycles. The predicted molar refractivity (Wildman–Crippen MR) is 87.1 cm³/mol. The Morgan fingerprint density at radius 2 is 2.09 bits per heavy atom. The maximum Gasteiger partial charge on any atom is 0.240 e. The number of carbonyl (C=O) groups is 1. The second-order valence-corrected chi connectivity index (χ2v) is 6.38. The highest BCUT2D eigenvalue weighted by molar-refractivity contribution is 5.80. The molecule has 0 radical (unpaired) electrons. The van der Waals surface area contributed by atoms with E-state index < -0.39 is 0 Å². The maximum atomic E-state index is 12.4. The van der Waals surface area contributed by atoms with Gasteiger partial charge < -0.3 is 14.6 Å². The molecule has 2 aliphatic rings. The fourth-order valence-electron chi connectivity index (χ4n) is 3.66. The molecule has 122 valence electrons. The molecule has 2 atom stereocenters. The summed E-state index contributed by atoms with van der Waals surface area (Å²) < 4.78 is 7.51. The molecule has 4 rings (SSSR count). The molecule has 23 heavy (non-hydrogen) atoms. The van der Waals surface area contributed by atoms with Crippen molar-refractivity contribution in [3.8, 4) is 0 Å². The Labute approximate surface area is 135 Å². The molecule has 2 aliphatic heterocycles. The van der Waals surface area contributed by atoms with Crippen molar-refractivity contribution >= 4 is 16.9 Å². The Morgan fingerprint density at radius 3 is 2.96 bits per heavy atom. The first kappa shape index (κ1) is 14.7. The topological polar surface area (TPSA) is 59.4 Å². The van der Waals surface area contributed by atoms with E-state index in [1.165, 1.54) is 12.8 Å². The number of amides is 1. The predicted octanol–water partition coefficient (Wildman–Crippen LogP) is 1.02. The molecule has 0 aliphatic carbocycles. The van der Waals surface area contributed by atoms with E-state index in [1.54, 1.807) is 6.33 Å². The fourth-order valence-corrected chi connectivity index (χ4v) is 3.66. The van der Waals surface area contributed by atoms with Crippen LogP contribution in [0.4, 0.5) is 0 Å². The van der Waals surface area contributed by atoms with Crippen LogP contribution in [0.5, 0.6) is 0 Å². The summed E-state index contributed by atoms with van der Waals surface area (Å²) >= 11 is 0.